The van der Waals surface area contributed by atoms with Crippen LogP contribution in [0.4, 0.5) is 5.69 Å². The molecule has 0 saturated heterocycles. The first-order chi connectivity index (χ1) is 17.3. The molecule has 3 N–H and O–H groups in total. The topological polar surface area (TPSA) is 78.5 Å². The summed E-state index contributed by atoms with van der Waals surface area (Å²) in [6.45, 7) is 18.6. The first kappa shape index (κ1) is 28.9. The van der Waals surface area contributed by atoms with Crippen molar-refractivity contribution in [3.8, 4) is 11.4 Å². The molecular formula is C28H34Cl2N6. The van der Waals surface area contributed by atoms with E-state index in [1.807, 2.05) is 44.2 Å². The first-order valence-corrected chi connectivity index (χ1v) is 12.6. The summed E-state index contributed by atoms with van der Waals surface area (Å²) in [6.07, 6.45) is 5.11. The molecule has 3 rings (SSSR count). The first-order valence-electron chi connectivity index (χ1n) is 11.9. The third-order valence-corrected chi connectivity index (χ3v) is 5.83. The van der Waals surface area contributed by atoms with Gasteiger partial charge in [-0.15, -0.1) is 10.2 Å². The number of H-pyrrole nitrogens is 1. The molecule has 36 heavy (non-hydrogen) atoms. The molecule has 0 saturated carbocycles. The number of hydrogen-bond donors (Lipinski definition) is 3. The Balaban J connectivity index is 0.00000222. The molecule has 6 nitrogen and oxygen atoms in total. The number of benzene rings is 2. The molecule has 0 fully saturated rings. The molecule has 190 valence electrons. The molecular weight excluding hydrogens is 491 g/mol. The van der Waals surface area contributed by atoms with Crippen molar-refractivity contribution in [3.63, 3.8) is 0 Å². The highest BCUT2D eigenvalue weighted by Crippen LogP contribution is 2.30. The quantitative estimate of drug-likeness (QED) is 0.232. The number of aromatic amines is 1. The van der Waals surface area contributed by atoms with Crippen molar-refractivity contribution in [2.75, 3.05) is 5.32 Å². The number of aromatic nitrogens is 4. The third kappa shape index (κ3) is 7.83. The van der Waals surface area contributed by atoms with Crippen molar-refractivity contribution < 1.29 is 0 Å². The second-order valence-electron chi connectivity index (χ2n) is 7.83. The predicted molar refractivity (Wildman–Crippen MR) is 154 cm³/mol. The van der Waals surface area contributed by atoms with Gasteiger partial charge in [-0.1, -0.05) is 94.4 Å². The molecule has 8 heteroatoms. The lowest BCUT2D eigenvalue weighted by atomic mass is 10.0. The summed E-state index contributed by atoms with van der Waals surface area (Å²) in [4.78, 5) is 0. The summed E-state index contributed by atoms with van der Waals surface area (Å²) in [5.41, 5.74) is 5.96. The number of nitrogens with one attached hydrogen (secondary N) is 3. The fraction of sp³-hybridized carbons (Fsp3) is 0.250. The summed E-state index contributed by atoms with van der Waals surface area (Å²) >= 11 is 12.7. The second-order valence-corrected chi connectivity index (χ2v) is 8.65. The molecule has 0 aliphatic heterocycles. The van der Waals surface area contributed by atoms with Crippen molar-refractivity contribution in [1.82, 2.24) is 25.9 Å². The highest BCUT2D eigenvalue weighted by Gasteiger charge is 2.13. The Kier molecular flexibility index (Phi) is 11.4. The van der Waals surface area contributed by atoms with Gasteiger partial charge in [0.05, 0.1) is 10.0 Å². The zero-order valence-electron chi connectivity index (χ0n) is 21.5. The second kappa shape index (κ2) is 14.3. The maximum atomic E-state index is 6.36. The average Bonchev–Trinajstić information content (AvgIpc) is 3.40. The van der Waals surface area contributed by atoms with E-state index in [-0.39, 0.29) is 5.92 Å². The van der Waals surface area contributed by atoms with Crippen LogP contribution in [-0.4, -0.2) is 20.6 Å². The molecule has 1 unspecified atom stereocenters. The third-order valence-electron chi connectivity index (χ3n) is 5.20. The van der Waals surface area contributed by atoms with E-state index in [1.54, 1.807) is 12.1 Å². The minimum absolute atomic E-state index is 0.0491. The molecule has 0 amide bonds. The minimum Gasteiger partial charge on any atom is -0.359 e. The Bertz CT molecular complexity index is 1210. The lowest BCUT2D eigenvalue weighted by Crippen LogP contribution is -2.14. The van der Waals surface area contributed by atoms with E-state index in [1.165, 1.54) is 0 Å². The highest BCUT2D eigenvalue weighted by atomic mass is 35.5. The van der Waals surface area contributed by atoms with E-state index in [9.17, 15) is 0 Å². The van der Waals surface area contributed by atoms with Crippen molar-refractivity contribution in [2.45, 2.75) is 41.0 Å². The molecule has 0 spiro atoms. The van der Waals surface area contributed by atoms with Crippen LogP contribution in [0.3, 0.4) is 0 Å². The van der Waals surface area contributed by atoms with Crippen LogP contribution in [0.1, 0.15) is 46.6 Å². The van der Waals surface area contributed by atoms with Crippen LogP contribution in [0.2, 0.25) is 10.0 Å². The molecule has 3 aromatic rings. The van der Waals surface area contributed by atoms with Gasteiger partial charge in [-0.3, -0.25) is 0 Å². The van der Waals surface area contributed by atoms with E-state index in [0.717, 1.165) is 34.6 Å². The molecule has 0 bridgehead atoms. The van der Waals surface area contributed by atoms with Gasteiger partial charge < -0.3 is 10.6 Å². The average molecular weight is 526 g/mol. The zero-order chi connectivity index (χ0) is 26.7. The molecule has 0 radical (unpaired) electrons. The fourth-order valence-corrected chi connectivity index (χ4v) is 4.04. The van der Waals surface area contributed by atoms with Gasteiger partial charge in [0.15, 0.2) is 0 Å². The molecule has 1 heterocycles. The van der Waals surface area contributed by atoms with Crippen LogP contribution in [0.25, 0.3) is 17.1 Å². The Morgan fingerprint density at radius 2 is 1.78 bits per heavy atom. The number of nitrogens with zero attached hydrogens (tertiary/aromatic N) is 3. The van der Waals surface area contributed by atoms with Gasteiger partial charge in [0.25, 0.3) is 0 Å². The van der Waals surface area contributed by atoms with Crippen LogP contribution in [-0.2, 0) is 0 Å². The van der Waals surface area contributed by atoms with Gasteiger partial charge in [0.1, 0.15) is 0 Å². The number of anilines is 1. The van der Waals surface area contributed by atoms with Gasteiger partial charge >= 0.3 is 0 Å². The van der Waals surface area contributed by atoms with E-state index in [4.69, 9.17) is 23.2 Å². The number of tetrazole rings is 1. The lowest BCUT2D eigenvalue weighted by Gasteiger charge is -2.19. The Hall–Kier alpha value is -3.35. The highest BCUT2D eigenvalue weighted by molar-refractivity contribution is 6.37. The van der Waals surface area contributed by atoms with Gasteiger partial charge in [-0.25, -0.2) is 0 Å². The summed E-state index contributed by atoms with van der Waals surface area (Å²) in [6, 6.07) is 13.2. The number of halogens is 2. The minimum atomic E-state index is 0.0491. The monoisotopic (exact) mass is 524 g/mol. The number of hydrogen-bond acceptors (Lipinski definition) is 5. The summed E-state index contributed by atoms with van der Waals surface area (Å²) in [7, 11) is 0. The van der Waals surface area contributed by atoms with Gasteiger partial charge in [-0.2, -0.15) is 5.21 Å². The van der Waals surface area contributed by atoms with Gasteiger partial charge in [0, 0.05) is 39.8 Å². The Morgan fingerprint density at radius 3 is 2.39 bits per heavy atom. The van der Waals surface area contributed by atoms with E-state index in [0.29, 0.717) is 27.1 Å². The van der Waals surface area contributed by atoms with Crippen LogP contribution >= 0.6 is 23.2 Å². The standard InChI is InChI=1S/C26H28Cl2N6.C2H6/c1-6-9-24(30-19(5)25-22(27)12-8-13-23(25)28)17(3)14-16(2)18(4)29-21-11-7-10-20(15-21)26-31-33-34-32-26;1-2/h7-16,29-30H,4-6H2,1-3H3,(H,31,32,33,34);1-2H3/b17-14-,24-9+;. The lowest BCUT2D eigenvalue weighted by molar-refractivity contribution is 0.858. The van der Waals surface area contributed by atoms with Crippen LogP contribution in [0.5, 0.6) is 0 Å². The molecule has 1 atom stereocenters. The van der Waals surface area contributed by atoms with Crippen molar-refractivity contribution in [3.05, 3.63) is 100 Å². The van der Waals surface area contributed by atoms with E-state index in [2.05, 4.69) is 77.3 Å². The summed E-state index contributed by atoms with van der Waals surface area (Å²) < 4.78 is 0. The smallest absolute Gasteiger partial charge is 0.204 e. The van der Waals surface area contributed by atoms with E-state index >= 15 is 0 Å². The molecule has 2 aromatic carbocycles. The van der Waals surface area contributed by atoms with Crippen LogP contribution < -0.4 is 10.6 Å². The molecule has 0 aliphatic rings. The Labute approximate surface area is 224 Å². The fourth-order valence-electron chi connectivity index (χ4n) is 3.41. The largest absolute Gasteiger partial charge is 0.359 e. The number of rotatable bonds is 10. The van der Waals surface area contributed by atoms with Gasteiger partial charge in [0.2, 0.25) is 5.82 Å². The van der Waals surface area contributed by atoms with E-state index < -0.39 is 0 Å². The maximum absolute atomic E-state index is 6.36. The summed E-state index contributed by atoms with van der Waals surface area (Å²) in [5, 5.41) is 22.0. The molecule has 0 aliphatic carbocycles. The zero-order valence-corrected chi connectivity index (χ0v) is 23.0. The van der Waals surface area contributed by atoms with Crippen molar-refractivity contribution in [1.29, 1.82) is 0 Å². The number of allylic oxidation sites excluding steroid dienone is 3. The van der Waals surface area contributed by atoms with Crippen LogP contribution in [0, 0.1) is 5.92 Å². The predicted octanol–water partition coefficient (Wildman–Crippen LogP) is 8.26. The van der Waals surface area contributed by atoms with Gasteiger partial charge in [-0.05, 0) is 48.4 Å². The normalized spacial score (nSPS) is 12.3. The summed E-state index contributed by atoms with van der Waals surface area (Å²) in [5.74, 6) is 0.588. The van der Waals surface area contributed by atoms with Crippen molar-refractivity contribution in [2.24, 2.45) is 5.92 Å². The van der Waals surface area contributed by atoms with Crippen molar-refractivity contribution >= 4 is 34.6 Å². The maximum Gasteiger partial charge on any atom is 0.204 e. The Morgan fingerprint density at radius 1 is 1.11 bits per heavy atom. The SMILES string of the molecule is C=C(NC(=C/CC)/C(C)=C\C(C)C(=C)Nc1cccc(-c2nn[nH]n2)c1)c1c(Cl)cccc1Cl.CC. The molecule has 1 aromatic heterocycles. The van der Waals surface area contributed by atoms with Crippen LogP contribution in [0.15, 0.2) is 84.7 Å².